The molecular weight excluding hydrogens is 400 g/mol. The highest BCUT2D eigenvalue weighted by atomic mass is 19.3. The van der Waals surface area contributed by atoms with Gasteiger partial charge in [-0.05, 0) is 24.1 Å². The molecule has 6 atom stereocenters. The highest BCUT2D eigenvalue weighted by molar-refractivity contribution is 5.86. The first-order valence-electron chi connectivity index (χ1n) is 8.97. The van der Waals surface area contributed by atoms with Gasteiger partial charge in [0.05, 0.1) is 11.8 Å². The number of fused-ring (bicyclic) bond motifs is 1. The number of hydrogen-bond acceptors (Lipinski definition) is 6. The number of carbonyl (C=O) groups is 3. The molecule has 2 aliphatic carbocycles. The van der Waals surface area contributed by atoms with Crippen LogP contribution in [-0.2, 0) is 35.2 Å². The molecule has 2 saturated carbocycles. The molecule has 0 amide bonds. The number of halogens is 4. The van der Waals surface area contributed by atoms with Crippen molar-refractivity contribution < 1.29 is 46.2 Å². The maximum atomic E-state index is 13.3. The molecule has 0 radical (unpaired) electrons. The van der Waals surface area contributed by atoms with Crippen LogP contribution in [0.5, 0.6) is 0 Å². The summed E-state index contributed by atoms with van der Waals surface area (Å²) in [6.45, 7) is -0.0556. The number of carbonyl (C=O) groups excluding carboxylic acids is 3. The van der Waals surface area contributed by atoms with Gasteiger partial charge in [0, 0.05) is 24.8 Å². The summed E-state index contributed by atoms with van der Waals surface area (Å²) in [5.41, 5.74) is 0.0690. The summed E-state index contributed by atoms with van der Waals surface area (Å²) in [5, 5.41) is 0. The Morgan fingerprint density at radius 2 is 1.83 bits per heavy atom. The van der Waals surface area contributed by atoms with E-state index in [9.17, 15) is 31.9 Å². The van der Waals surface area contributed by atoms with Gasteiger partial charge in [-0.25, -0.2) is 13.6 Å². The number of esters is 3. The standard InChI is InChI=1S/C19H16F4O6/c1-19(22,23)18(26)29-15-10-5-11-13(17(25)28-14(11)15)12(10)16(24)27-6-7-2-8(20)4-9(21)3-7/h2-4,10-15H,5-6H2,1H3. The SMILES string of the molecule is CC(F)(F)C(=O)OC1C2CC3C1OC(=O)C3C2C(=O)OCc1cc(F)cc(F)c1. The van der Waals surface area contributed by atoms with Crippen LogP contribution in [0, 0.1) is 35.3 Å². The molecule has 10 heteroatoms. The first-order valence-corrected chi connectivity index (χ1v) is 8.97. The zero-order valence-electron chi connectivity index (χ0n) is 15.1. The van der Waals surface area contributed by atoms with E-state index in [1.165, 1.54) is 0 Å². The average molecular weight is 416 g/mol. The molecule has 29 heavy (non-hydrogen) atoms. The van der Waals surface area contributed by atoms with Gasteiger partial charge in [-0.1, -0.05) is 0 Å². The van der Waals surface area contributed by atoms with Crippen LogP contribution in [0.4, 0.5) is 17.6 Å². The van der Waals surface area contributed by atoms with Gasteiger partial charge in [-0.3, -0.25) is 9.59 Å². The van der Waals surface area contributed by atoms with E-state index in [1.54, 1.807) is 0 Å². The first kappa shape index (κ1) is 19.7. The lowest BCUT2D eigenvalue weighted by molar-refractivity contribution is -0.186. The minimum Gasteiger partial charge on any atom is -0.461 e. The van der Waals surface area contributed by atoms with Gasteiger partial charge < -0.3 is 14.2 Å². The number of ether oxygens (including phenoxy) is 3. The summed E-state index contributed by atoms with van der Waals surface area (Å²) in [7, 11) is 0. The second kappa shape index (κ2) is 6.70. The van der Waals surface area contributed by atoms with Crippen LogP contribution in [0.2, 0.25) is 0 Å². The Kier molecular flexibility index (Phi) is 4.54. The van der Waals surface area contributed by atoms with E-state index in [0.717, 1.165) is 12.1 Å². The third kappa shape index (κ3) is 3.34. The zero-order chi connectivity index (χ0) is 21.1. The summed E-state index contributed by atoms with van der Waals surface area (Å²) < 4.78 is 68.2. The van der Waals surface area contributed by atoms with Gasteiger partial charge in [0.25, 0.3) is 0 Å². The molecule has 1 heterocycles. The Bertz CT molecular complexity index is 862. The monoisotopic (exact) mass is 416 g/mol. The fraction of sp³-hybridized carbons (Fsp3) is 0.526. The first-order chi connectivity index (χ1) is 13.6. The predicted molar refractivity (Wildman–Crippen MR) is 85.1 cm³/mol. The molecule has 3 aliphatic rings. The lowest BCUT2D eigenvalue weighted by atomic mass is 9.78. The molecule has 1 aliphatic heterocycles. The number of alkyl halides is 2. The van der Waals surface area contributed by atoms with Crippen molar-refractivity contribution >= 4 is 17.9 Å². The lowest BCUT2D eigenvalue weighted by Gasteiger charge is -2.30. The van der Waals surface area contributed by atoms with Crippen molar-refractivity contribution in [2.24, 2.45) is 23.7 Å². The van der Waals surface area contributed by atoms with Crippen LogP contribution in [0.25, 0.3) is 0 Å². The van der Waals surface area contributed by atoms with E-state index in [0.29, 0.717) is 13.0 Å². The normalized spacial score (nSPS) is 32.2. The molecule has 0 aromatic heterocycles. The summed E-state index contributed by atoms with van der Waals surface area (Å²) >= 11 is 0. The Hall–Kier alpha value is -2.65. The van der Waals surface area contributed by atoms with E-state index < -0.39 is 78.0 Å². The Morgan fingerprint density at radius 3 is 2.45 bits per heavy atom. The molecule has 4 rings (SSSR count). The van der Waals surface area contributed by atoms with Crippen molar-refractivity contribution in [2.75, 3.05) is 0 Å². The molecule has 156 valence electrons. The quantitative estimate of drug-likeness (QED) is 0.417. The van der Waals surface area contributed by atoms with E-state index in [4.69, 9.17) is 14.2 Å². The van der Waals surface area contributed by atoms with Gasteiger partial charge in [0.15, 0.2) is 0 Å². The molecule has 1 aromatic rings. The maximum Gasteiger partial charge on any atom is 0.377 e. The Balaban J connectivity index is 1.50. The number of benzene rings is 1. The van der Waals surface area contributed by atoms with E-state index in [-0.39, 0.29) is 12.0 Å². The van der Waals surface area contributed by atoms with Gasteiger partial charge in [0.1, 0.15) is 30.4 Å². The van der Waals surface area contributed by atoms with Crippen molar-refractivity contribution in [3.05, 3.63) is 35.4 Å². The van der Waals surface area contributed by atoms with Crippen LogP contribution < -0.4 is 0 Å². The third-order valence-corrected chi connectivity index (χ3v) is 5.72. The second-order valence-corrected chi connectivity index (χ2v) is 7.66. The van der Waals surface area contributed by atoms with E-state index >= 15 is 0 Å². The molecule has 6 unspecified atom stereocenters. The van der Waals surface area contributed by atoms with Gasteiger partial charge in [-0.15, -0.1) is 0 Å². The molecule has 3 fully saturated rings. The van der Waals surface area contributed by atoms with Crippen molar-refractivity contribution in [3.8, 4) is 0 Å². The molecule has 2 bridgehead atoms. The maximum absolute atomic E-state index is 13.3. The smallest absolute Gasteiger partial charge is 0.377 e. The van der Waals surface area contributed by atoms with Crippen LogP contribution in [0.3, 0.4) is 0 Å². The summed E-state index contributed by atoms with van der Waals surface area (Å²) in [4.78, 5) is 36.4. The van der Waals surface area contributed by atoms with Crippen LogP contribution in [-0.4, -0.2) is 36.0 Å². The highest BCUT2D eigenvalue weighted by Crippen LogP contribution is 2.59. The molecule has 6 nitrogen and oxygen atoms in total. The fourth-order valence-electron chi connectivity index (χ4n) is 4.64. The average Bonchev–Trinajstić information content (AvgIpc) is 3.21. The van der Waals surface area contributed by atoms with Gasteiger partial charge >= 0.3 is 23.8 Å². The summed E-state index contributed by atoms with van der Waals surface area (Å²) in [5.74, 6) is -11.7. The minimum absolute atomic E-state index is 0.0690. The predicted octanol–water partition coefficient (Wildman–Crippen LogP) is 2.38. The van der Waals surface area contributed by atoms with Crippen LogP contribution in [0.1, 0.15) is 18.9 Å². The Labute approximate surface area is 162 Å². The third-order valence-electron chi connectivity index (χ3n) is 5.72. The van der Waals surface area contributed by atoms with Gasteiger partial charge in [-0.2, -0.15) is 8.78 Å². The Morgan fingerprint density at radius 1 is 1.17 bits per heavy atom. The molecular formula is C19H16F4O6. The van der Waals surface area contributed by atoms with Crippen molar-refractivity contribution in [3.63, 3.8) is 0 Å². The molecule has 1 saturated heterocycles. The highest BCUT2D eigenvalue weighted by Gasteiger charge is 2.70. The topological polar surface area (TPSA) is 78.9 Å². The van der Waals surface area contributed by atoms with Crippen LogP contribution >= 0.6 is 0 Å². The second-order valence-electron chi connectivity index (χ2n) is 7.66. The van der Waals surface area contributed by atoms with E-state index in [2.05, 4.69) is 0 Å². The largest absolute Gasteiger partial charge is 0.461 e. The number of rotatable bonds is 5. The molecule has 0 spiro atoms. The minimum atomic E-state index is -3.73. The van der Waals surface area contributed by atoms with Gasteiger partial charge in [0.2, 0.25) is 0 Å². The summed E-state index contributed by atoms with van der Waals surface area (Å²) in [6.07, 6.45) is -1.77. The van der Waals surface area contributed by atoms with Crippen molar-refractivity contribution in [1.29, 1.82) is 0 Å². The molecule has 0 N–H and O–H groups in total. The van der Waals surface area contributed by atoms with E-state index in [1.807, 2.05) is 0 Å². The summed E-state index contributed by atoms with van der Waals surface area (Å²) in [6, 6.07) is 2.65. The number of hydrogen-bond donors (Lipinski definition) is 0. The fourth-order valence-corrected chi connectivity index (χ4v) is 4.64. The zero-order valence-corrected chi connectivity index (χ0v) is 15.1. The van der Waals surface area contributed by atoms with Crippen molar-refractivity contribution in [2.45, 2.75) is 38.1 Å². The molecule has 1 aromatic carbocycles. The van der Waals surface area contributed by atoms with Crippen LogP contribution in [0.15, 0.2) is 18.2 Å². The van der Waals surface area contributed by atoms with Crippen molar-refractivity contribution in [1.82, 2.24) is 0 Å². The lowest BCUT2D eigenvalue weighted by Crippen LogP contribution is -2.45.